The Morgan fingerprint density at radius 3 is 2.60 bits per heavy atom. The van der Waals surface area contributed by atoms with Gasteiger partial charge in [-0.25, -0.2) is 13.1 Å². The number of benzene rings is 1. The molecule has 0 unspecified atom stereocenters. The molecule has 110 valence electrons. The summed E-state index contributed by atoms with van der Waals surface area (Å²) in [7, 11) is -3.76. The van der Waals surface area contributed by atoms with Crippen molar-refractivity contribution in [3.63, 3.8) is 0 Å². The maximum atomic E-state index is 12.2. The summed E-state index contributed by atoms with van der Waals surface area (Å²) in [5.74, 6) is 0.283. The second-order valence-corrected chi connectivity index (χ2v) is 6.88. The number of rotatable bonds is 6. The lowest BCUT2D eigenvalue weighted by atomic mass is 10.1. The second kappa shape index (κ2) is 5.95. The van der Waals surface area contributed by atoms with Crippen molar-refractivity contribution in [3.8, 4) is 0 Å². The molecule has 0 spiro atoms. The zero-order valence-electron chi connectivity index (χ0n) is 11.5. The molecule has 0 fully saturated rings. The van der Waals surface area contributed by atoms with Crippen molar-refractivity contribution in [2.24, 2.45) is 5.92 Å². The minimum Gasteiger partial charge on any atom is -0.443 e. The molecule has 0 bridgehead atoms. The molecule has 2 N–H and O–H groups in total. The van der Waals surface area contributed by atoms with Crippen LogP contribution in [-0.4, -0.2) is 26.2 Å². The van der Waals surface area contributed by atoms with E-state index in [2.05, 4.69) is 4.72 Å². The fourth-order valence-electron chi connectivity index (χ4n) is 2.10. The predicted octanol–water partition coefficient (Wildman–Crippen LogP) is 2.12. The van der Waals surface area contributed by atoms with Crippen LogP contribution in [0.25, 0.3) is 11.0 Å². The minimum atomic E-state index is -3.76. The number of aliphatic hydroxyl groups is 1. The van der Waals surface area contributed by atoms with Gasteiger partial charge in [0.2, 0.25) is 5.09 Å². The van der Waals surface area contributed by atoms with Crippen LogP contribution in [0.3, 0.4) is 0 Å². The molecule has 2 aromatic rings. The van der Waals surface area contributed by atoms with E-state index in [1.807, 2.05) is 19.9 Å². The van der Waals surface area contributed by atoms with Crippen molar-refractivity contribution in [1.29, 1.82) is 0 Å². The van der Waals surface area contributed by atoms with E-state index in [-0.39, 0.29) is 17.6 Å². The first-order valence-electron chi connectivity index (χ1n) is 6.54. The lowest BCUT2D eigenvalue weighted by Crippen LogP contribution is -2.38. The van der Waals surface area contributed by atoms with Crippen LogP contribution < -0.4 is 4.72 Å². The van der Waals surface area contributed by atoms with Gasteiger partial charge < -0.3 is 9.52 Å². The highest BCUT2D eigenvalue weighted by Gasteiger charge is 2.23. The quantitative estimate of drug-likeness (QED) is 0.856. The van der Waals surface area contributed by atoms with Gasteiger partial charge in [0.05, 0.1) is 6.61 Å². The molecular weight excluding hydrogens is 278 g/mol. The third-order valence-corrected chi connectivity index (χ3v) is 4.34. The Kier molecular flexibility index (Phi) is 4.47. The van der Waals surface area contributed by atoms with Gasteiger partial charge in [0.1, 0.15) is 5.58 Å². The molecule has 0 saturated carbocycles. The molecule has 0 radical (unpaired) electrons. The molecule has 20 heavy (non-hydrogen) atoms. The number of sulfonamides is 1. The van der Waals surface area contributed by atoms with Gasteiger partial charge in [0.15, 0.2) is 0 Å². The average Bonchev–Trinajstić information content (AvgIpc) is 2.81. The number of hydrogen-bond donors (Lipinski definition) is 2. The maximum Gasteiger partial charge on any atom is 0.274 e. The van der Waals surface area contributed by atoms with Crippen LogP contribution in [0.4, 0.5) is 0 Å². The third-order valence-electron chi connectivity index (χ3n) is 2.97. The molecule has 2 rings (SSSR count). The lowest BCUT2D eigenvalue weighted by molar-refractivity contribution is 0.239. The normalized spacial score (nSPS) is 14.0. The largest absolute Gasteiger partial charge is 0.443 e. The van der Waals surface area contributed by atoms with Gasteiger partial charge in [-0.1, -0.05) is 32.0 Å². The van der Waals surface area contributed by atoms with Crippen molar-refractivity contribution in [2.75, 3.05) is 6.61 Å². The van der Waals surface area contributed by atoms with Gasteiger partial charge in [0.25, 0.3) is 10.0 Å². The molecular formula is C14H19NO4S. The van der Waals surface area contributed by atoms with Gasteiger partial charge in [-0.15, -0.1) is 0 Å². The average molecular weight is 297 g/mol. The van der Waals surface area contributed by atoms with Crippen molar-refractivity contribution in [1.82, 2.24) is 4.72 Å². The van der Waals surface area contributed by atoms with E-state index in [9.17, 15) is 13.5 Å². The maximum absolute atomic E-state index is 12.2. The first-order chi connectivity index (χ1) is 9.42. The molecule has 1 heterocycles. The number of aliphatic hydroxyl groups excluding tert-OH is 1. The van der Waals surface area contributed by atoms with Gasteiger partial charge >= 0.3 is 0 Å². The predicted molar refractivity (Wildman–Crippen MR) is 76.9 cm³/mol. The molecule has 1 aromatic carbocycles. The van der Waals surface area contributed by atoms with Crippen LogP contribution in [0.2, 0.25) is 0 Å². The first kappa shape index (κ1) is 15.0. The summed E-state index contributed by atoms with van der Waals surface area (Å²) in [6.45, 7) is 3.70. The summed E-state index contributed by atoms with van der Waals surface area (Å²) in [6.07, 6.45) is 0.565. The molecule has 0 saturated heterocycles. The number of nitrogens with one attached hydrogen (secondary N) is 1. The van der Waals surface area contributed by atoms with E-state index in [0.29, 0.717) is 12.0 Å². The monoisotopic (exact) mass is 297 g/mol. The molecule has 0 aliphatic heterocycles. The molecule has 0 amide bonds. The van der Waals surface area contributed by atoms with Crippen molar-refractivity contribution in [2.45, 2.75) is 31.4 Å². The summed E-state index contributed by atoms with van der Waals surface area (Å²) >= 11 is 0. The Balaban J connectivity index is 2.25. The number of hydrogen-bond acceptors (Lipinski definition) is 4. The third kappa shape index (κ3) is 3.39. The topological polar surface area (TPSA) is 79.5 Å². The molecule has 5 nitrogen and oxygen atoms in total. The standard InChI is InChI=1S/C14H19NO4S/c1-10(2)7-12(9-16)15-20(17,18)14-8-11-5-3-4-6-13(11)19-14/h3-6,8,10,12,15-16H,7,9H2,1-2H3/t12-/m1/s1. The highest BCUT2D eigenvalue weighted by Crippen LogP contribution is 2.22. The summed E-state index contributed by atoms with van der Waals surface area (Å²) < 4.78 is 32.3. The molecule has 1 atom stereocenters. The van der Waals surface area contributed by atoms with Crippen LogP contribution in [0.1, 0.15) is 20.3 Å². The molecule has 6 heteroatoms. The van der Waals surface area contributed by atoms with E-state index < -0.39 is 16.1 Å². The van der Waals surface area contributed by atoms with E-state index in [0.717, 1.165) is 5.39 Å². The smallest absolute Gasteiger partial charge is 0.274 e. The van der Waals surface area contributed by atoms with Crippen LogP contribution in [0.15, 0.2) is 39.8 Å². The van der Waals surface area contributed by atoms with Crippen molar-refractivity contribution >= 4 is 21.0 Å². The van der Waals surface area contributed by atoms with E-state index in [4.69, 9.17) is 4.42 Å². The van der Waals surface area contributed by atoms with Crippen molar-refractivity contribution in [3.05, 3.63) is 30.3 Å². The summed E-state index contributed by atoms with van der Waals surface area (Å²) in [5, 5.41) is 9.88. The van der Waals surface area contributed by atoms with Crippen LogP contribution in [-0.2, 0) is 10.0 Å². The fourth-order valence-corrected chi connectivity index (χ4v) is 3.30. The highest BCUT2D eigenvalue weighted by atomic mass is 32.2. The molecule has 0 aliphatic carbocycles. The molecule has 1 aromatic heterocycles. The zero-order chi connectivity index (χ0) is 14.8. The van der Waals surface area contributed by atoms with Crippen LogP contribution in [0, 0.1) is 5.92 Å². The number of para-hydroxylation sites is 1. The van der Waals surface area contributed by atoms with Gasteiger partial charge in [-0.2, -0.15) is 0 Å². The first-order valence-corrected chi connectivity index (χ1v) is 8.02. The Hall–Kier alpha value is -1.37. The SMILES string of the molecule is CC(C)C[C@H](CO)NS(=O)(=O)c1cc2ccccc2o1. The van der Waals surface area contributed by atoms with E-state index >= 15 is 0 Å². The second-order valence-electron chi connectivity index (χ2n) is 5.23. The van der Waals surface area contributed by atoms with E-state index in [1.54, 1.807) is 18.2 Å². The fraction of sp³-hybridized carbons (Fsp3) is 0.429. The Morgan fingerprint density at radius 1 is 1.30 bits per heavy atom. The summed E-state index contributed by atoms with van der Waals surface area (Å²) in [5.41, 5.74) is 0.525. The number of fused-ring (bicyclic) bond motifs is 1. The zero-order valence-corrected chi connectivity index (χ0v) is 12.4. The van der Waals surface area contributed by atoms with Crippen LogP contribution in [0.5, 0.6) is 0 Å². The van der Waals surface area contributed by atoms with Gasteiger partial charge in [-0.3, -0.25) is 0 Å². The minimum absolute atomic E-state index is 0.124. The Morgan fingerprint density at radius 2 is 2.00 bits per heavy atom. The Bertz CT molecular complexity index is 642. The molecule has 0 aliphatic rings. The summed E-state index contributed by atoms with van der Waals surface area (Å²) in [4.78, 5) is 0. The number of furan rings is 1. The highest BCUT2D eigenvalue weighted by molar-refractivity contribution is 7.89. The van der Waals surface area contributed by atoms with Gasteiger partial charge in [0, 0.05) is 17.5 Å². The lowest BCUT2D eigenvalue weighted by Gasteiger charge is -2.17. The Labute approximate surface area is 118 Å². The van der Waals surface area contributed by atoms with E-state index in [1.165, 1.54) is 6.07 Å². The van der Waals surface area contributed by atoms with Gasteiger partial charge in [-0.05, 0) is 18.4 Å². The van der Waals surface area contributed by atoms with Crippen LogP contribution >= 0.6 is 0 Å². The summed E-state index contributed by atoms with van der Waals surface area (Å²) in [6, 6.07) is 8.08. The van der Waals surface area contributed by atoms with Crippen molar-refractivity contribution < 1.29 is 17.9 Å².